The summed E-state index contributed by atoms with van der Waals surface area (Å²) in [5.41, 5.74) is 1.23. The number of carbonyl (C=O) groups is 1. The molecule has 3 aromatic rings. The van der Waals surface area contributed by atoms with Crippen LogP contribution in [-0.2, 0) is 16.6 Å². The van der Waals surface area contributed by atoms with Gasteiger partial charge in [-0.15, -0.1) is 0 Å². The summed E-state index contributed by atoms with van der Waals surface area (Å²) in [5, 5.41) is 3.13. The summed E-state index contributed by atoms with van der Waals surface area (Å²) in [6.45, 7) is 2.22. The Morgan fingerprint density at radius 2 is 1.66 bits per heavy atom. The van der Waals surface area contributed by atoms with Crippen LogP contribution in [0.3, 0.4) is 0 Å². The van der Waals surface area contributed by atoms with Gasteiger partial charge in [0.1, 0.15) is 17.2 Å². The van der Waals surface area contributed by atoms with Crippen LogP contribution in [0, 0.1) is 0 Å². The Hall–Kier alpha value is -3.27. The summed E-state index contributed by atoms with van der Waals surface area (Å²) < 4.78 is 43.4. The zero-order chi connectivity index (χ0) is 25.6. The summed E-state index contributed by atoms with van der Waals surface area (Å²) >= 11 is 6.15. The Labute approximate surface area is 210 Å². The SMILES string of the molecule is CCOc1ccc(C(=O)Nc2cc(OC)c(Cl)cc2OC)cc1CN(C)S(=O)(=O)c1ccccc1. The lowest BCUT2D eigenvalue weighted by molar-refractivity contribution is 0.102. The number of nitrogens with one attached hydrogen (secondary N) is 1. The highest BCUT2D eigenvalue weighted by molar-refractivity contribution is 7.89. The van der Waals surface area contributed by atoms with Crippen molar-refractivity contribution in [3.63, 3.8) is 0 Å². The molecule has 0 heterocycles. The molecule has 0 unspecified atom stereocenters. The van der Waals surface area contributed by atoms with Gasteiger partial charge in [0.2, 0.25) is 10.0 Å². The summed E-state index contributed by atoms with van der Waals surface area (Å²) in [7, 11) is 0.679. The fraction of sp³-hybridized carbons (Fsp3) is 0.240. The Morgan fingerprint density at radius 1 is 0.971 bits per heavy atom. The van der Waals surface area contributed by atoms with E-state index in [9.17, 15) is 13.2 Å². The number of hydrogen-bond acceptors (Lipinski definition) is 6. The Balaban J connectivity index is 1.91. The van der Waals surface area contributed by atoms with Crippen LogP contribution in [0.15, 0.2) is 65.6 Å². The third kappa shape index (κ3) is 6.05. The van der Waals surface area contributed by atoms with E-state index in [4.69, 9.17) is 25.8 Å². The molecule has 0 saturated heterocycles. The number of rotatable bonds is 10. The van der Waals surface area contributed by atoms with Gasteiger partial charge >= 0.3 is 0 Å². The lowest BCUT2D eigenvalue weighted by Gasteiger charge is -2.20. The second-order valence-electron chi connectivity index (χ2n) is 7.47. The van der Waals surface area contributed by atoms with Gasteiger partial charge in [-0.2, -0.15) is 4.31 Å². The molecule has 0 aliphatic carbocycles. The molecule has 3 aromatic carbocycles. The van der Waals surface area contributed by atoms with Gasteiger partial charge in [0.25, 0.3) is 5.91 Å². The van der Waals surface area contributed by atoms with Crippen molar-refractivity contribution < 1.29 is 27.4 Å². The third-order valence-electron chi connectivity index (χ3n) is 5.19. The number of hydrogen-bond donors (Lipinski definition) is 1. The Morgan fingerprint density at radius 3 is 2.29 bits per heavy atom. The van der Waals surface area contributed by atoms with Gasteiger partial charge in [-0.05, 0) is 37.3 Å². The summed E-state index contributed by atoms with van der Waals surface area (Å²) in [4.78, 5) is 13.3. The van der Waals surface area contributed by atoms with E-state index in [0.29, 0.717) is 45.7 Å². The quantitative estimate of drug-likeness (QED) is 0.413. The number of anilines is 1. The van der Waals surface area contributed by atoms with E-state index in [1.54, 1.807) is 48.5 Å². The van der Waals surface area contributed by atoms with Crippen LogP contribution in [0.2, 0.25) is 5.02 Å². The molecule has 0 bridgehead atoms. The largest absolute Gasteiger partial charge is 0.495 e. The molecule has 0 atom stereocenters. The second kappa shape index (κ2) is 11.4. The van der Waals surface area contributed by atoms with Crippen LogP contribution >= 0.6 is 11.6 Å². The molecule has 0 fully saturated rings. The highest BCUT2D eigenvalue weighted by Gasteiger charge is 2.23. The number of carbonyl (C=O) groups excluding carboxylic acids is 1. The normalized spacial score (nSPS) is 11.3. The molecule has 186 valence electrons. The van der Waals surface area contributed by atoms with Gasteiger partial charge in [-0.3, -0.25) is 4.79 Å². The highest BCUT2D eigenvalue weighted by Crippen LogP contribution is 2.36. The maximum atomic E-state index is 13.1. The molecular weight excluding hydrogens is 492 g/mol. The van der Waals surface area contributed by atoms with E-state index in [-0.39, 0.29) is 11.4 Å². The van der Waals surface area contributed by atoms with Crippen molar-refractivity contribution in [3.05, 3.63) is 76.8 Å². The number of benzene rings is 3. The molecule has 0 spiro atoms. The first-order valence-corrected chi connectivity index (χ1v) is 12.5. The number of halogens is 1. The van der Waals surface area contributed by atoms with Gasteiger partial charge in [0.05, 0.1) is 36.4 Å². The number of amides is 1. The summed E-state index contributed by atoms with van der Waals surface area (Å²) in [5.74, 6) is 0.808. The number of ether oxygens (including phenoxy) is 3. The minimum absolute atomic E-state index is 0.00572. The maximum Gasteiger partial charge on any atom is 0.255 e. The molecular formula is C25H27ClN2O6S. The third-order valence-corrected chi connectivity index (χ3v) is 7.30. The molecule has 35 heavy (non-hydrogen) atoms. The van der Waals surface area contributed by atoms with Crippen LogP contribution in [0.4, 0.5) is 5.69 Å². The van der Waals surface area contributed by atoms with E-state index in [0.717, 1.165) is 0 Å². The first-order chi connectivity index (χ1) is 16.7. The summed E-state index contributed by atoms with van der Waals surface area (Å²) in [6.07, 6.45) is 0. The molecule has 3 rings (SSSR count). The average molecular weight is 519 g/mol. The van der Waals surface area contributed by atoms with Crippen LogP contribution in [0.1, 0.15) is 22.8 Å². The van der Waals surface area contributed by atoms with Gasteiger partial charge in [0.15, 0.2) is 0 Å². The lowest BCUT2D eigenvalue weighted by Crippen LogP contribution is -2.27. The number of sulfonamides is 1. The lowest BCUT2D eigenvalue weighted by atomic mass is 10.1. The fourth-order valence-corrected chi connectivity index (χ4v) is 4.79. The molecule has 0 aliphatic rings. The zero-order valence-electron chi connectivity index (χ0n) is 19.9. The van der Waals surface area contributed by atoms with Gasteiger partial charge in [-0.1, -0.05) is 29.8 Å². The van der Waals surface area contributed by atoms with E-state index in [1.165, 1.54) is 37.7 Å². The maximum absolute atomic E-state index is 13.1. The van der Waals surface area contributed by atoms with Gasteiger partial charge < -0.3 is 19.5 Å². The van der Waals surface area contributed by atoms with Gasteiger partial charge in [0, 0.05) is 36.9 Å². The van der Waals surface area contributed by atoms with Gasteiger partial charge in [-0.25, -0.2) is 8.42 Å². The van der Waals surface area contributed by atoms with Crippen LogP contribution in [0.5, 0.6) is 17.2 Å². The van der Waals surface area contributed by atoms with Crippen molar-refractivity contribution in [1.82, 2.24) is 4.31 Å². The van der Waals surface area contributed by atoms with Crippen LogP contribution < -0.4 is 19.5 Å². The molecule has 8 nitrogen and oxygen atoms in total. The minimum atomic E-state index is -3.74. The Bertz CT molecular complexity index is 1300. The molecule has 1 amide bonds. The van der Waals surface area contributed by atoms with E-state index in [2.05, 4.69) is 5.32 Å². The molecule has 0 aliphatic heterocycles. The second-order valence-corrected chi connectivity index (χ2v) is 9.92. The Kier molecular flexibility index (Phi) is 8.61. The van der Waals surface area contributed by atoms with Crippen molar-refractivity contribution in [2.75, 3.05) is 33.2 Å². The monoisotopic (exact) mass is 518 g/mol. The van der Waals surface area contributed by atoms with Crippen molar-refractivity contribution >= 4 is 33.2 Å². The minimum Gasteiger partial charge on any atom is -0.495 e. The first kappa shape index (κ1) is 26.3. The van der Waals surface area contributed by atoms with Crippen molar-refractivity contribution in [2.45, 2.75) is 18.4 Å². The smallest absolute Gasteiger partial charge is 0.255 e. The predicted octanol–water partition coefficient (Wildman–Crippen LogP) is 4.83. The topological polar surface area (TPSA) is 94.2 Å². The van der Waals surface area contributed by atoms with E-state index < -0.39 is 15.9 Å². The molecule has 0 saturated carbocycles. The van der Waals surface area contributed by atoms with Crippen molar-refractivity contribution in [2.24, 2.45) is 0 Å². The van der Waals surface area contributed by atoms with Crippen molar-refractivity contribution in [1.29, 1.82) is 0 Å². The van der Waals surface area contributed by atoms with Crippen molar-refractivity contribution in [3.8, 4) is 17.2 Å². The first-order valence-electron chi connectivity index (χ1n) is 10.7. The van der Waals surface area contributed by atoms with E-state index in [1.807, 2.05) is 6.92 Å². The predicted molar refractivity (Wildman–Crippen MR) is 135 cm³/mol. The molecule has 1 N–H and O–H groups in total. The fourth-order valence-electron chi connectivity index (χ4n) is 3.39. The van der Waals surface area contributed by atoms with Crippen LogP contribution in [-0.4, -0.2) is 46.5 Å². The summed E-state index contributed by atoms with van der Waals surface area (Å²) in [6, 6.07) is 16.1. The molecule has 0 aromatic heterocycles. The molecule has 10 heteroatoms. The highest BCUT2D eigenvalue weighted by atomic mass is 35.5. The number of methoxy groups -OCH3 is 2. The van der Waals surface area contributed by atoms with Crippen LogP contribution in [0.25, 0.3) is 0 Å². The standard InChI is InChI=1S/C25H27ClN2O6S/c1-5-34-22-12-11-17(25(29)27-21-15-23(32-3)20(26)14-24(21)33-4)13-18(22)16-28(2)35(30,31)19-9-7-6-8-10-19/h6-15H,5,16H2,1-4H3,(H,27,29). The van der Waals surface area contributed by atoms with E-state index >= 15 is 0 Å². The average Bonchev–Trinajstić information content (AvgIpc) is 2.86. The molecule has 0 radical (unpaired) electrons. The number of nitrogens with zero attached hydrogens (tertiary/aromatic N) is 1. The zero-order valence-corrected chi connectivity index (χ0v) is 21.4.